The number of hydrogen-bond donors (Lipinski definition) is 2. The molecule has 9 heteroatoms. The van der Waals surface area contributed by atoms with Gasteiger partial charge in [0.1, 0.15) is 36.9 Å². The quantitative estimate of drug-likeness (QED) is 0.279. The summed E-state index contributed by atoms with van der Waals surface area (Å²) < 4.78 is 34.0. The maximum absolute atomic E-state index is 11.4. The third kappa shape index (κ3) is 9.22. The van der Waals surface area contributed by atoms with Gasteiger partial charge in [-0.2, -0.15) is 0 Å². The molecular formula is C24H26LiNO6S. The molecule has 33 heavy (non-hydrogen) atoms. The second-order valence-corrected chi connectivity index (χ2v) is 8.13. The van der Waals surface area contributed by atoms with Crippen molar-refractivity contribution in [1.29, 1.82) is 0 Å². The van der Waals surface area contributed by atoms with Crippen LogP contribution in [-0.2, 0) is 11.1 Å². The third-order valence-corrected chi connectivity index (χ3v) is 5.25. The topological polar surface area (TPSA) is 102 Å². The molecule has 3 unspecified atom stereocenters. The Morgan fingerprint density at radius 3 is 1.73 bits per heavy atom. The van der Waals surface area contributed by atoms with Crippen molar-refractivity contribution in [2.24, 2.45) is 0 Å². The molecule has 3 aromatic carbocycles. The number of ether oxygens (including phenoxy) is 2. The van der Waals surface area contributed by atoms with Gasteiger partial charge in [-0.25, -0.2) is 0 Å². The van der Waals surface area contributed by atoms with Crippen molar-refractivity contribution < 1.29 is 47.3 Å². The predicted molar refractivity (Wildman–Crippen MR) is 122 cm³/mol. The van der Waals surface area contributed by atoms with E-state index in [0.29, 0.717) is 17.2 Å². The van der Waals surface area contributed by atoms with Gasteiger partial charge in [0, 0.05) is 23.7 Å². The fourth-order valence-electron chi connectivity index (χ4n) is 3.10. The number of rotatable bonds is 12. The van der Waals surface area contributed by atoms with E-state index in [4.69, 9.17) is 9.47 Å². The number of para-hydroxylation sites is 2. The molecular weight excluding hydrogens is 437 g/mol. The minimum atomic E-state index is -2.39. The Hall–Kier alpha value is -2.31. The van der Waals surface area contributed by atoms with Crippen LogP contribution in [-0.4, -0.2) is 57.5 Å². The summed E-state index contributed by atoms with van der Waals surface area (Å²) in [5.74, 6) is 1.27. The first-order valence-electron chi connectivity index (χ1n) is 10.2. The second-order valence-electron chi connectivity index (χ2n) is 7.19. The van der Waals surface area contributed by atoms with Gasteiger partial charge in [-0.15, -0.1) is 0 Å². The number of aliphatic hydroxyl groups is 2. The van der Waals surface area contributed by atoms with Crippen LogP contribution in [0.15, 0.2) is 89.8 Å². The Labute approximate surface area is 208 Å². The van der Waals surface area contributed by atoms with Gasteiger partial charge < -0.3 is 29.1 Å². The maximum atomic E-state index is 11.4. The molecule has 0 aliphatic heterocycles. The number of benzene rings is 3. The number of anilines is 1. The molecule has 0 aliphatic rings. The molecule has 0 bridgehead atoms. The summed E-state index contributed by atoms with van der Waals surface area (Å²) in [6.07, 6.45) is -1.75. The van der Waals surface area contributed by atoms with Crippen molar-refractivity contribution in [3.05, 3.63) is 84.9 Å². The van der Waals surface area contributed by atoms with Gasteiger partial charge >= 0.3 is 18.9 Å². The summed E-state index contributed by atoms with van der Waals surface area (Å²) in [5, 5.41) is 21.1. The molecule has 3 rings (SSSR count). The Bertz CT molecular complexity index is 927. The molecule has 0 saturated heterocycles. The molecule has 0 spiro atoms. The second kappa shape index (κ2) is 14.1. The predicted octanol–water partition coefficient (Wildman–Crippen LogP) is -0.385. The van der Waals surface area contributed by atoms with Gasteiger partial charge in [-0.1, -0.05) is 42.5 Å². The van der Waals surface area contributed by atoms with Gasteiger partial charge in [-0.05, 0) is 53.5 Å². The van der Waals surface area contributed by atoms with Gasteiger partial charge in [0.05, 0.1) is 0 Å². The van der Waals surface area contributed by atoms with Crippen molar-refractivity contribution in [2.45, 2.75) is 17.1 Å². The molecule has 3 aromatic rings. The van der Waals surface area contributed by atoms with Crippen LogP contribution in [0.25, 0.3) is 0 Å². The van der Waals surface area contributed by atoms with Crippen LogP contribution in [0.5, 0.6) is 11.5 Å². The molecule has 0 amide bonds. The van der Waals surface area contributed by atoms with Gasteiger partial charge in [-0.3, -0.25) is 4.21 Å². The number of hydrogen-bond acceptors (Lipinski definition) is 7. The molecule has 7 nitrogen and oxygen atoms in total. The molecule has 2 N–H and O–H groups in total. The summed E-state index contributed by atoms with van der Waals surface area (Å²) >= 11 is -2.39. The number of aliphatic hydroxyl groups excluding tert-OH is 2. The van der Waals surface area contributed by atoms with E-state index in [-0.39, 0.29) is 50.1 Å². The van der Waals surface area contributed by atoms with Crippen molar-refractivity contribution in [2.75, 3.05) is 31.2 Å². The minimum absolute atomic E-state index is 0. The molecule has 0 heterocycles. The van der Waals surface area contributed by atoms with E-state index < -0.39 is 23.3 Å². The molecule has 170 valence electrons. The average molecular weight is 463 g/mol. The first-order valence-corrected chi connectivity index (χ1v) is 11.2. The zero-order chi connectivity index (χ0) is 22.8. The van der Waals surface area contributed by atoms with E-state index in [9.17, 15) is 19.0 Å². The summed E-state index contributed by atoms with van der Waals surface area (Å²) in [7, 11) is 0. The Morgan fingerprint density at radius 2 is 1.27 bits per heavy atom. The van der Waals surface area contributed by atoms with Crippen molar-refractivity contribution >= 4 is 16.8 Å². The standard InChI is InChI=1S/C24H27NO6S.Li/c26-20(17-30-22-9-3-1-4-10-22)15-25(19-8-7-13-24(14-19)32(28)29)16-21(27)18-31-23-11-5-2-6-12-23;/h1-14,20-21,26-27H,15-18H2,(H,28,29);/q;+1/p-1. The van der Waals surface area contributed by atoms with Crippen LogP contribution in [0.2, 0.25) is 0 Å². The van der Waals surface area contributed by atoms with Crippen LogP contribution < -0.4 is 33.2 Å². The molecule has 0 aliphatic carbocycles. The van der Waals surface area contributed by atoms with Crippen LogP contribution in [0.3, 0.4) is 0 Å². The normalized spacial score (nSPS) is 13.3. The largest absolute Gasteiger partial charge is 1.00 e. The van der Waals surface area contributed by atoms with E-state index in [0.717, 1.165) is 0 Å². The zero-order valence-electron chi connectivity index (χ0n) is 18.4. The summed E-state index contributed by atoms with van der Waals surface area (Å²) in [6.45, 7) is 0.350. The first-order chi connectivity index (χ1) is 15.5. The molecule has 3 atom stereocenters. The zero-order valence-corrected chi connectivity index (χ0v) is 19.3. The molecule has 0 fully saturated rings. The van der Waals surface area contributed by atoms with Crippen LogP contribution in [0, 0.1) is 0 Å². The van der Waals surface area contributed by atoms with Crippen LogP contribution in [0.4, 0.5) is 5.69 Å². The van der Waals surface area contributed by atoms with Gasteiger partial charge in [0.2, 0.25) is 0 Å². The fourth-order valence-corrected chi connectivity index (χ4v) is 3.51. The van der Waals surface area contributed by atoms with E-state index in [2.05, 4.69) is 0 Å². The fraction of sp³-hybridized carbons (Fsp3) is 0.250. The Balaban J connectivity index is 0.00000385. The minimum Gasteiger partial charge on any atom is -0.768 e. The van der Waals surface area contributed by atoms with E-state index >= 15 is 0 Å². The maximum Gasteiger partial charge on any atom is 1.00 e. The molecule has 0 saturated carbocycles. The van der Waals surface area contributed by atoms with Gasteiger partial charge in [0.15, 0.2) is 0 Å². The van der Waals surface area contributed by atoms with Gasteiger partial charge in [0.25, 0.3) is 0 Å². The summed E-state index contributed by atoms with van der Waals surface area (Å²) in [4.78, 5) is 1.84. The monoisotopic (exact) mass is 463 g/mol. The van der Waals surface area contributed by atoms with E-state index in [1.54, 1.807) is 41.3 Å². The van der Waals surface area contributed by atoms with Crippen LogP contribution >= 0.6 is 0 Å². The average Bonchev–Trinajstić information content (AvgIpc) is 2.82. The Morgan fingerprint density at radius 1 is 0.788 bits per heavy atom. The third-order valence-electron chi connectivity index (χ3n) is 4.61. The van der Waals surface area contributed by atoms with Crippen molar-refractivity contribution in [3.8, 4) is 11.5 Å². The van der Waals surface area contributed by atoms with E-state index in [1.807, 2.05) is 36.4 Å². The SMILES string of the molecule is O=S([O-])c1cccc(N(CC(O)COc2ccccc2)CC(O)COc2ccccc2)c1.[Li+]. The smallest absolute Gasteiger partial charge is 0.768 e. The molecule has 0 radical (unpaired) electrons. The van der Waals surface area contributed by atoms with E-state index in [1.165, 1.54) is 12.1 Å². The van der Waals surface area contributed by atoms with Crippen LogP contribution in [0.1, 0.15) is 0 Å². The molecule has 0 aromatic heterocycles. The Kier molecular flexibility index (Phi) is 11.5. The van der Waals surface area contributed by atoms with Crippen molar-refractivity contribution in [3.63, 3.8) is 0 Å². The number of nitrogens with zero attached hydrogens (tertiary/aromatic N) is 1. The van der Waals surface area contributed by atoms with Crippen molar-refractivity contribution in [1.82, 2.24) is 0 Å². The first kappa shape index (κ1) is 26.9. The summed E-state index contributed by atoms with van der Waals surface area (Å²) in [5.41, 5.74) is 0.559. The summed E-state index contributed by atoms with van der Waals surface area (Å²) in [6, 6.07) is 24.6.